The summed E-state index contributed by atoms with van der Waals surface area (Å²) in [7, 11) is -1.02. The molecular weight excluding hydrogens is 362 g/mol. The number of amides is 1. The van der Waals surface area contributed by atoms with E-state index >= 15 is 0 Å². The van der Waals surface area contributed by atoms with Crippen LogP contribution in [0.4, 0.5) is 0 Å². The van der Waals surface area contributed by atoms with Gasteiger partial charge in [-0.3, -0.25) is 4.79 Å². The van der Waals surface area contributed by atoms with Gasteiger partial charge in [0.05, 0.1) is 24.3 Å². The number of carbonyl (C=O) groups excluding carboxylic acids is 1. The van der Waals surface area contributed by atoms with Crippen molar-refractivity contribution >= 4 is 32.8 Å². The van der Waals surface area contributed by atoms with Crippen molar-refractivity contribution in [3.05, 3.63) is 51.8 Å². The van der Waals surface area contributed by atoms with Gasteiger partial charge in [-0.15, -0.1) is 11.3 Å². The summed E-state index contributed by atoms with van der Waals surface area (Å²) in [6.45, 7) is 1.22. The smallest absolute Gasteiger partial charge is 0.271 e. The van der Waals surface area contributed by atoms with E-state index in [0.717, 1.165) is 9.18 Å². The second-order valence-electron chi connectivity index (χ2n) is 5.38. The lowest BCUT2D eigenvalue weighted by molar-refractivity contribution is -0.123. The van der Waals surface area contributed by atoms with Crippen LogP contribution in [0, 0.1) is 0 Å². The van der Waals surface area contributed by atoms with Crippen LogP contribution in [-0.4, -0.2) is 39.5 Å². The van der Waals surface area contributed by atoms with E-state index in [1.807, 2.05) is 17.5 Å². The van der Waals surface area contributed by atoms with E-state index in [2.05, 4.69) is 0 Å². The Bertz CT molecular complexity index is 945. The fraction of sp³-hybridized carbons (Fsp3) is 0.235. The fourth-order valence-corrected chi connectivity index (χ4v) is 5.33. The molecule has 6 nitrogen and oxygen atoms in total. The molecule has 0 saturated heterocycles. The van der Waals surface area contributed by atoms with E-state index < -0.39 is 15.9 Å². The van der Waals surface area contributed by atoms with Crippen molar-refractivity contribution in [1.82, 2.24) is 4.31 Å². The number of fused-ring (bicyclic) bond motifs is 1. The minimum atomic E-state index is -4.01. The topological polar surface area (TPSA) is 72.9 Å². The quantitative estimate of drug-likeness (QED) is 0.817. The van der Waals surface area contributed by atoms with Gasteiger partial charge in [0.15, 0.2) is 0 Å². The molecular formula is C17H17NO5S2. The predicted octanol–water partition coefficient (Wildman–Crippen LogP) is 2.71. The van der Waals surface area contributed by atoms with Crippen LogP contribution in [0.3, 0.4) is 0 Å². The molecule has 25 heavy (non-hydrogen) atoms. The van der Waals surface area contributed by atoms with Crippen LogP contribution in [0.25, 0.3) is 5.57 Å². The van der Waals surface area contributed by atoms with Gasteiger partial charge in [-0.05, 0) is 29.6 Å². The monoisotopic (exact) mass is 379 g/mol. The standard InChI is InChI=1S/C17H17NO5S2/c1-11(19)18-14(10-22-2)17(15-5-4-8-24-15)13-9-12(23-3)6-7-16(13)25(18,20)21/h4-9H,10H2,1-3H3. The molecule has 2 aromatic rings. The summed E-state index contributed by atoms with van der Waals surface area (Å²) in [6, 6.07) is 8.47. The highest BCUT2D eigenvalue weighted by Crippen LogP contribution is 2.43. The first-order valence-electron chi connectivity index (χ1n) is 7.42. The number of thiophene rings is 1. The first kappa shape index (κ1) is 17.7. The van der Waals surface area contributed by atoms with E-state index in [-0.39, 0.29) is 11.5 Å². The number of carbonyl (C=O) groups is 1. The number of ether oxygens (including phenoxy) is 2. The average Bonchev–Trinajstić information content (AvgIpc) is 3.08. The van der Waals surface area contributed by atoms with E-state index in [9.17, 15) is 13.2 Å². The first-order valence-corrected chi connectivity index (χ1v) is 9.74. The number of sulfonamides is 1. The predicted molar refractivity (Wildman–Crippen MR) is 94.9 cm³/mol. The summed E-state index contributed by atoms with van der Waals surface area (Å²) in [5.74, 6) is -0.0429. The van der Waals surface area contributed by atoms with Gasteiger partial charge >= 0.3 is 0 Å². The Morgan fingerprint density at radius 1 is 1.24 bits per heavy atom. The summed E-state index contributed by atoms with van der Waals surface area (Å²) in [5, 5.41) is 1.90. The minimum Gasteiger partial charge on any atom is -0.497 e. The van der Waals surface area contributed by atoms with Crippen LogP contribution in [-0.2, 0) is 19.6 Å². The van der Waals surface area contributed by atoms with Crippen molar-refractivity contribution in [1.29, 1.82) is 0 Å². The molecule has 0 fully saturated rings. The second-order valence-corrected chi connectivity index (χ2v) is 8.09. The van der Waals surface area contributed by atoms with Gasteiger partial charge < -0.3 is 9.47 Å². The van der Waals surface area contributed by atoms with Crippen LogP contribution < -0.4 is 4.74 Å². The van der Waals surface area contributed by atoms with Crippen molar-refractivity contribution in [2.24, 2.45) is 0 Å². The maximum atomic E-state index is 13.0. The summed E-state index contributed by atoms with van der Waals surface area (Å²) in [6.07, 6.45) is 0. The fourth-order valence-electron chi connectivity index (χ4n) is 2.88. The lowest BCUT2D eigenvalue weighted by Gasteiger charge is -2.32. The third-order valence-corrected chi connectivity index (χ3v) is 6.60. The van der Waals surface area contributed by atoms with Crippen molar-refractivity contribution in [3.8, 4) is 5.75 Å². The molecule has 0 saturated carbocycles. The first-order chi connectivity index (χ1) is 11.9. The number of nitrogens with zero attached hydrogens (tertiary/aromatic N) is 1. The third kappa shape index (κ3) is 2.86. The van der Waals surface area contributed by atoms with Crippen molar-refractivity contribution in [2.45, 2.75) is 11.8 Å². The van der Waals surface area contributed by atoms with Gasteiger partial charge in [-0.2, -0.15) is 0 Å². The largest absolute Gasteiger partial charge is 0.497 e. The van der Waals surface area contributed by atoms with Gasteiger partial charge in [0, 0.05) is 30.0 Å². The Kier molecular flexibility index (Phi) is 4.68. The highest BCUT2D eigenvalue weighted by atomic mass is 32.2. The Labute approximate surface area is 150 Å². The maximum absolute atomic E-state index is 13.0. The Balaban J connectivity index is 2.43. The molecule has 8 heteroatoms. The number of hydrogen-bond acceptors (Lipinski definition) is 6. The molecule has 0 N–H and O–H groups in total. The SMILES string of the molecule is COCC1=C(c2cccs2)c2cc(OC)ccc2S(=O)(=O)N1C(C)=O. The maximum Gasteiger partial charge on any atom is 0.271 e. The number of rotatable bonds is 4. The summed E-state index contributed by atoms with van der Waals surface area (Å²) in [5.41, 5.74) is 1.47. The zero-order chi connectivity index (χ0) is 18.2. The van der Waals surface area contributed by atoms with E-state index in [4.69, 9.17) is 9.47 Å². The van der Waals surface area contributed by atoms with Gasteiger partial charge in [0.25, 0.3) is 10.0 Å². The lowest BCUT2D eigenvalue weighted by atomic mass is 10.0. The van der Waals surface area contributed by atoms with Crippen LogP contribution in [0.5, 0.6) is 5.75 Å². The van der Waals surface area contributed by atoms with Gasteiger partial charge in [0.2, 0.25) is 5.91 Å². The lowest BCUT2D eigenvalue weighted by Crippen LogP contribution is -2.39. The van der Waals surface area contributed by atoms with E-state index in [0.29, 0.717) is 22.6 Å². The molecule has 0 aliphatic carbocycles. The highest BCUT2D eigenvalue weighted by Gasteiger charge is 2.40. The average molecular weight is 379 g/mol. The molecule has 0 spiro atoms. The van der Waals surface area contributed by atoms with Crippen LogP contribution in [0.2, 0.25) is 0 Å². The molecule has 0 atom stereocenters. The normalized spacial score (nSPS) is 15.9. The molecule has 1 aliphatic heterocycles. The molecule has 3 rings (SSSR count). The Morgan fingerprint density at radius 2 is 2.00 bits per heavy atom. The molecule has 2 heterocycles. The number of methoxy groups -OCH3 is 2. The van der Waals surface area contributed by atoms with Crippen molar-refractivity contribution < 1.29 is 22.7 Å². The second kappa shape index (κ2) is 6.62. The van der Waals surface area contributed by atoms with Crippen LogP contribution >= 0.6 is 11.3 Å². The number of hydrogen-bond donors (Lipinski definition) is 0. The molecule has 1 aromatic heterocycles. The zero-order valence-corrected chi connectivity index (χ0v) is 15.6. The van der Waals surface area contributed by atoms with Gasteiger partial charge in [-0.1, -0.05) is 6.07 Å². The summed E-state index contributed by atoms with van der Waals surface area (Å²) >= 11 is 1.46. The highest BCUT2D eigenvalue weighted by molar-refractivity contribution is 7.90. The molecule has 1 aromatic carbocycles. The number of benzene rings is 1. The van der Waals surface area contributed by atoms with Crippen LogP contribution in [0.1, 0.15) is 17.4 Å². The summed E-state index contributed by atoms with van der Waals surface area (Å²) < 4.78 is 37.4. The van der Waals surface area contributed by atoms with Gasteiger partial charge in [0.1, 0.15) is 5.75 Å². The Morgan fingerprint density at radius 3 is 2.56 bits per heavy atom. The Hall–Kier alpha value is -2.16. The van der Waals surface area contributed by atoms with E-state index in [1.165, 1.54) is 38.5 Å². The molecule has 0 bridgehead atoms. The van der Waals surface area contributed by atoms with Gasteiger partial charge in [-0.25, -0.2) is 12.7 Å². The van der Waals surface area contributed by atoms with E-state index in [1.54, 1.807) is 12.1 Å². The molecule has 132 valence electrons. The van der Waals surface area contributed by atoms with Crippen molar-refractivity contribution in [3.63, 3.8) is 0 Å². The molecule has 0 unspecified atom stereocenters. The van der Waals surface area contributed by atoms with Crippen molar-refractivity contribution in [2.75, 3.05) is 20.8 Å². The zero-order valence-electron chi connectivity index (χ0n) is 14.0. The third-order valence-electron chi connectivity index (χ3n) is 3.84. The summed E-state index contributed by atoms with van der Waals surface area (Å²) in [4.78, 5) is 13.1. The van der Waals surface area contributed by atoms with Crippen LogP contribution in [0.15, 0.2) is 46.3 Å². The minimum absolute atomic E-state index is 0.0112. The molecule has 1 aliphatic rings. The molecule has 0 radical (unpaired) electrons. The molecule has 1 amide bonds.